The van der Waals surface area contributed by atoms with Crippen LogP contribution in [0.25, 0.3) is 0 Å². The zero-order chi connectivity index (χ0) is 15.8. The summed E-state index contributed by atoms with van der Waals surface area (Å²) >= 11 is 3.45. The Morgan fingerprint density at radius 1 is 1.32 bits per heavy atom. The van der Waals surface area contributed by atoms with Crippen molar-refractivity contribution in [2.45, 2.75) is 12.5 Å². The third kappa shape index (κ3) is 5.30. The lowest BCUT2D eigenvalue weighted by molar-refractivity contribution is 0.0928. The number of hydrogen-bond acceptors (Lipinski definition) is 5. The molecule has 22 heavy (non-hydrogen) atoms. The monoisotopic (exact) mass is 342 g/mol. The van der Waals surface area contributed by atoms with Gasteiger partial charge in [0.15, 0.2) is 0 Å². The van der Waals surface area contributed by atoms with Gasteiger partial charge in [-0.25, -0.2) is 4.79 Å². The molecule has 5 nitrogen and oxygen atoms in total. The summed E-state index contributed by atoms with van der Waals surface area (Å²) in [5.41, 5.74) is -0.221. The molecular weight excluding hydrogens is 320 g/mol. The van der Waals surface area contributed by atoms with Gasteiger partial charge in [0.1, 0.15) is 5.75 Å². The molecule has 2 rings (SSSR count). The minimum absolute atomic E-state index is 0.246. The molecule has 1 fully saturated rings. The molecule has 1 aromatic rings. The Morgan fingerprint density at radius 3 is 2.68 bits per heavy atom. The van der Waals surface area contributed by atoms with Gasteiger partial charge in [-0.05, 0) is 19.1 Å². The van der Waals surface area contributed by atoms with Crippen LogP contribution in [0.2, 0.25) is 0 Å². The largest absolute Gasteiger partial charge is 0.492 e. The summed E-state index contributed by atoms with van der Waals surface area (Å²) in [6.07, 6.45) is 0. The molecule has 0 unspecified atom stereocenters. The van der Waals surface area contributed by atoms with E-state index in [0.717, 1.165) is 11.5 Å². The van der Waals surface area contributed by atoms with Crippen LogP contribution in [0, 0.1) is 0 Å². The van der Waals surface area contributed by atoms with Crippen LogP contribution in [-0.2, 0) is 0 Å². The summed E-state index contributed by atoms with van der Waals surface area (Å²) in [5.74, 6) is 4.02. The number of carbonyl (C=O) groups excluding carboxylic acids is 1. The Morgan fingerprint density at radius 2 is 2.00 bits per heavy atom. The van der Waals surface area contributed by atoms with Gasteiger partial charge in [-0.3, -0.25) is 0 Å². The minimum atomic E-state index is -0.845. The van der Waals surface area contributed by atoms with E-state index in [1.54, 1.807) is 29.6 Å². The van der Waals surface area contributed by atoms with Gasteiger partial charge in [0.05, 0.1) is 17.9 Å². The highest BCUT2D eigenvalue weighted by atomic mass is 32.2. The molecule has 0 aromatic heterocycles. The molecular formula is C15H22N2O3S2. The smallest absolute Gasteiger partial charge is 0.319 e. The second kappa shape index (κ2) is 8.55. The van der Waals surface area contributed by atoms with Crippen molar-refractivity contribution in [1.82, 2.24) is 5.32 Å². The number of urea groups is 1. The number of rotatable bonds is 5. The second-order valence-electron chi connectivity index (χ2n) is 5.07. The van der Waals surface area contributed by atoms with E-state index in [0.29, 0.717) is 29.5 Å². The fraction of sp³-hybridized carbons (Fsp3) is 0.533. The number of aliphatic hydroxyl groups is 1. The predicted molar refractivity (Wildman–Crippen MR) is 94.2 cm³/mol. The lowest BCUT2D eigenvalue weighted by atomic mass is 10.1. The maximum atomic E-state index is 12.0. The summed E-state index contributed by atoms with van der Waals surface area (Å²) in [6.45, 7) is 2.68. The number of para-hydroxylation sites is 2. The lowest BCUT2D eigenvalue weighted by Gasteiger charge is -2.25. The molecule has 3 N–H and O–H groups in total. The molecule has 0 aliphatic carbocycles. The van der Waals surface area contributed by atoms with E-state index in [1.807, 2.05) is 25.1 Å². The molecule has 1 aliphatic rings. The summed E-state index contributed by atoms with van der Waals surface area (Å²) in [4.78, 5) is 12.0. The first-order valence-electron chi connectivity index (χ1n) is 7.27. The van der Waals surface area contributed by atoms with Crippen LogP contribution in [0.15, 0.2) is 24.3 Å². The van der Waals surface area contributed by atoms with Crippen molar-refractivity contribution in [2.24, 2.45) is 0 Å². The third-order valence-electron chi connectivity index (χ3n) is 3.13. The highest BCUT2D eigenvalue weighted by Gasteiger charge is 2.29. The lowest BCUT2D eigenvalue weighted by Crippen LogP contribution is -2.47. The standard InChI is InChI=1S/C15H22N2O3S2/c1-2-20-13-6-4-3-5-12(13)17-14(18)16-9-15(19)10-21-7-8-22-11-15/h3-6,19H,2,7-11H2,1H3,(H2,16,17,18). The van der Waals surface area contributed by atoms with Gasteiger partial charge >= 0.3 is 6.03 Å². The molecule has 7 heteroatoms. The number of carbonyl (C=O) groups is 1. The Kier molecular flexibility index (Phi) is 6.72. The first-order valence-corrected chi connectivity index (χ1v) is 9.58. The SMILES string of the molecule is CCOc1ccccc1NC(=O)NCC1(O)CSCCSC1. The topological polar surface area (TPSA) is 70.6 Å². The summed E-state index contributed by atoms with van der Waals surface area (Å²) < 4.78 is 5.47. The Labute approximate surface area is 139 Å². The maximum Gasteiger partial charge on any atom is 0.319 e. The van der Waals surface area contributed by atoms with E-state index in [2.05, 4.69) is 10.6 Å². The van der Waals surface area contributed by atoms with Crippen molar-refractivity contribution in [3.05, 3.63) is 24.3 Å². The predicted octanol–water partition coefficient (Wildman–Crippen LogP) is 2.42. The zero-order valence-corrected chi connectivity index (χ0v) is 14.3. The van der Waals surface area contributed by atoms with Crippen molar-refractivity contribution in [3.8, 4) is 5.75 Å². The van der Waals surface area contributed by atoms with E-state index in [9.17, 15) is 9.90 Å². The van der Waals surface area contributed by atoms with E-state index in [4.69, 9.17) is 4.74 Å². The van der Waals surface area contributed by atoms with Crippen LogP contribution in [0.5, 0.6) is 5.75 Å². The number of nitrogens with one attached hydrogen (secondary N) is 2. The molecule has 122 valence electrons. The zero-order valence-electron chi connectivity index (χ0n) is 12.6. The number of amides is 2. The molecule has 1 aliphatic heterocycles. The highest BCUT2D eigenvalue weighted by molar-refractivity contribution is 8.03. The molecule has 2 amide bonds. The summed E-state index contributed by atoms with van der Waals surface area (Å²) in [6, 6.07) is 6.96. The average Bonchev–Trinajstić information content (AvgIpc) is 2.73. The molecule has 1 saturated heterocycles. The van der Waals surface area contributed by atoms with E-state index >= 15 is 0 Å². The Bertz CT molecular complexity index is 491. The number of benzene rings is 1. The van der Waals surface area contributed by atoms with Gasteiger partial charge in [0.2, 0.25) is 0 Å². The van der Waals surface area contributed by atoms with Crippen LogP contribution < -0.4 is 15.4 Å². The van der Waals surface area contributed by atoms with Gasteiger partial charge in [0.25, 0.3) is 0 Å². The third-order valence-corrected chi connectivity index (χ3v) is 5.85. The van der Waals surface area contributed by atoms with Crippen molar-refractivity contribution in [1.29, 1.82) is 0 Å². The van der Waals surface area contributed by atoms with E-state index < -0.39 is 5.60 Å². The van der Waals surface area contributed by atoms with Crippen LogP contribution in [0.1, 0.15) is 6.92 Å². The van der Waals surface area contributed by atoms with Crippen LogP contribution >= 0.6 is 23.5 Å². The quantitative estimate of drug-likeness (QED) is 0.767. The van der Waals surface area contributed by atoms with E-state index in [1.165, 1.54) is 0 Å². The molecule has 0 radical (unpaired) electrons. The van der Waals surface area contributed by atoms with E-state index in [-0.39, 0.29) is 12.6 Å². The molecule has 0 bridgehead atoms. The number of ether oxygens (including phenoxy) is 1. The average molecular weight is 342 g/mol. The summed E-state index contributed by atoms with van der Waals surface area (Å²) in [7, 11) is 0. The van der Waals surface area contributed by atoms with Crippen molar-refractivity contribution in [3.63, 3.8) is 0 Å². The van der Waals surface area contributed by atoms with Crippen molar-refractivity contribution >= 4 is 35.2 Å². The Balaban J connectivity index is 1.87. The first-order chi connectivity index (χ1) is 10.6. The fourth-order valence-electron chi connectivity index (χ4n) is 2.05. The van der Waals surface area contributed by atoms with Gasteiger partial charge in [-0.1, -0.05) is 12.1 Å². The van der Waals surface area contributed by atoms with Gasteiger partial charge in [0, 0.05) is 29.6 Å². The summed E-state index contributed by atoms with van der Waals surface area (Å²) in [5, 5.41) is 16.0. The number of thioether (sulfide) groups is 2. The van der Waals surface area contributed by atoms with Gasteiger partial charge in [-0.2, -0.15) is 23.5 Å². The number of hydrogen-bond donors (Lipinski definition) is 3. The highest BCUT2D eigenvalue weighted by Crippen LogP contribution is 2.25. The molecule has 0 atom stereocenters. The number of anilines is 1. The molecule has 1 heterocycles. The normalized spacial score (nSPS) is 17.4. The molecule has 0 spiro atoms. The van der Waals surface area contributed by atoms with Gasteiger partial charge in [-0.15, -0.1) is 0 Å². The van der Waals surface area contributed by atoms with Crippen LogP contribution in [-0.4, -0.2) is 52.9 Å². The van der Waals surface area contributed by atoms with Gasteiger partial charge < -0.3 is 20.5 Å². The fourth-order valence-corrected chi connectivity index (χ4v) is 4.58. The first kappa shape index (κ1) is 17.3. The molecule has 1 aromatic carbocycles. The van der Waals surface area contributed by atoms with Crippen LogP contribution in [0.3, 0.4) is 0 Å². The van der Waals surface area contributed by atoms with Crippen molar-refractivity contribution < 1.29 is 14.6 Å². The van der Waals surface area contributed by atoms with Crippen molar-refractivity contribution in [2.75, 3.05) is 41.5 Å². The second-order valence-corrected chi connectivity index (χ2v) is 7.28. The van der Waals surface area contributed by atoms with Crippen LogP contribution in [0.4, 0.5) is 10.5 Å². The Hall–Kier alpha value is -1.05. The minimum Gasteiger partial charge on any atom is -0.492 e. The maximum absolute atomic E-state index is 12.0. The molecule has 0 saturated carbocycles.